The van der Waals surface area contributed by atoms with Gasteiger partial charge in [-0.1, -0.05) is 194 Å². The first-order chi connectivity index (χ1) is 32.1. The van der Waals surface area contributed by atoms with Crippen LogP contribution < -0.4 is 9.80 Å². The first kappa shape index (κ1) is 39.4. The Morgan fingerprint density at radius 3 is 0.862 bits per heavy atom. The van der Waals surface area contributed by atoms with E-state index in [0.717, 1.165) is 66.8 Å². The van der Waals surface area contributed by atoms with E-state index < -0.39 is 0 Å². The molecule has 0 unspecified atom stereocenters. The average Bonchev–Trinajstić information content (AvgIpc) is 3.37. The molecule has 11 aromatic rings. The largest absolute Gasteiger partial charge is 0.309 e. The third kappa shape index (κ3) is 7.95. The monoisotopic (exact) mass is 830 g/mol. The van der Waals surface area contributed by atoms with Gasteiger partial charge in [0.2, 0.25) is 0 Å². The summed E-state index contributed by atoms with van der Waals surface area (Å²) in [5.41, 5.74) is 12.5. The van der Waals surface area contributed by atoms with Gasteiger partial charge in [-0.3, -0.25) is 0 Å². The fraction of sp³-hybridized carbons (Fsp3) is 0.0159. The third-order valence-electron chi connectivity index (χ3n) is 12.4. The molecule has 11 aromatic carbocycles. The minimum atomic E-state index is 1.08. The van der Waals surface area contributed by atoms with Gasteiger partial charge in [-0.25, -0.2) is 0 Å². The lowest BCUT2D eigenvalue weighted by Crippen LogP contribution is -2.14. The third-order valence-corrected chi connectivity index (χ3v) is 12.4. The molecule has 0 amide bonds. The highest BCUT2D eigenvalue weighted by molar-refractivity contribution is 6.27. The molecule has 0 radical (unpaired) electrons. The highest BCUT2D eigenvalue weighted by atomic mass is 15.2. The molecule has 2 nitrogen and oxygen atoms in total. The second-order valence-electron chi connectivity index (χ2n) is 16.7. The summed E-state index contributed by atoms with van der Waals surface area (Å²) in [6.07, 6.45) is 8.75. The van der Waals surface area contributed by atoms with E-state index in [-0.39, 0.29) is 0 Å². The lowest BCUT2D eigenvalue weighted by Gasteiger charge is -2.33. The Morgan fingerprint density at radius 2 is 0.523 bits per heavy atom. The summed E-state index contributed by atoms with van der Waals surface area (Å²) in [6, 6.07) is 85.9. The molecule has 0 aliphatic heterocycles. The summed E-state index contributed by atoms with van der Waals surface area (Å²) in [5, 5.41) is 9.42. The second-order valence-corrected chi connectivity index (χ2v) is 16.7. The quantitative estimate of drug-likeness (QED) is 0.0770. The Kier molecular flexibility index (Phi) is 10.5. The molecule has 0 heterocycles. The molecule has 0 saturated carbocycles. The summed E-state index contributed by atoms with van der Waals surface area (Å²) in [6.45, 7) is 2.12. The first-order valence-corrected chi connectivity index (χ1v) is 22.3. The summed E-state index contributed by atoms with van der Waals surface area (Å²) in [4.78, 5) is 4.93. The zero-order valence-corrected chi connectivity index (χ0v) is 36.2. The number of nitrogens with zero attached hydrogens (tertiary/aromatic N) is 2. The van der Waals surface area contributed by atoms with Crippen molar-refractivity contribution in [2.24, 2.45) is 0 Å². The minimum absolute atomic E-state index is 1.08. The Morgan fingerprint density at radius 1 is 0.262 bits per heavy atom. The Hall–Kier alpha value is -8.46. The molecular weight excluding hydrogens is 785 g/mol. The maximum Gasteiger partial charge on any atom is 0.0620 e. The summed E-state index contributed by atoms with van der Waals surface area (Å²) < 4.78 is 0. The highest BCUT2D eigenvalue weighted by Gasteiger charge is 2.26. The van der Waals surface area contributed by atoms with E-state index in [2.05, 4.69) is 278 Å². The molecule has 0 bridgehead atoms. The van der Waals surface area contributed by atoms with Crippen LogP contribution in [0.2, 0.25) is 0 Å². The van der Waals surface area contributed by atoms with Crippen LogP contribution in [0.3, 0.4) is 0 Å². The van der Waals surface area contributed by atoms with Gasteiger partial charge in [0.25, 0.3) is 0 Å². The van der Waals surface area contributed by atoms with Crippen molar-refractivity contribution in [1.29, 1.82) is 0 Å². The normalized spacial score (nSPS) is 11.6. The first-order valence-electron chi connectivity index (χ1n) is 22.3. The van der Waals surface area contributed by atoms with E-state index in [9.17, 15) is 0 Å². The van der Waals surface area contributed by atoms with Crippen molar-refractivity contribution in [3.63, 3.8) is 0 Å². The lowest BCUT2D eigenvalue weighted by molar-refractivity contribution is 1.29. The van der Waals surface area contributed by atoms with E-state index in [4.69, 9.17) is 0 Å². The number of aryl methyl sites for hydroxylation is 1. The van der Waals surface area contributed by atoms with Crippen molar-refractivity contribution in [3.05, 3.63) is 264 Å². The molecule has 0 aromatic heterocycles. The second kappa shape index (κ2) is 17.4. The van der Waals surface area contributed by atoms with Gasteiger partial charge >= 0.3 is 0 Å². The molecule has 2 heteroatoms. The van der Waals surface area contributed by atoms with E-state index >= 15 is 0 Å². The minimum Gasteiger partial charge on any atom is -0.309 e. The Balaban J connectivity index is 1.18. The molecule has 0 fully saturated rings. The zero-order chi connectivity index (χ0) is 43.5. The smallest absolute Gasteiger partial charge is 0.0620 e. The maximum atomic E-state index is 2.46. The summed E-state index contributed by atoms with van der Waals surface area (Å²) >= 11 is 0. The Bertz CT molecular complexity index is 3400. The van der Waals surface area contributed by atoms with Crippen LogP contribution in [0.5, 0.6) is 0 Å². The fourth-order valence-corrected chi connectivity index (χ4v) is 9.10. The average molecular weight is 831 g/mol. The Labute approximate surface area is 380 Å². The fourth-order valence-electron chi connectivity index (χ4n) is 9.10. The highest BCUT2D eigenvalue weighted by Crippen LogP contribution is 2.52. The van der Waals surface area contributed by atoms with Crippen molar-refractivity contribution in [2.45, 2.75) is 6.92 Å². The molecular formula is C63H46N2. The van der Waals surface area contributed by atoms with Crippen molar-refractivity contribution >= 4 is 102 Å². The van der Waals surface area contributed by atoms with Crippen LogP contribution in [0, 0.1) is 6.92 Å². The van der Waals surface area contributed by atoms with Crippen LogP contribution in [-0.2, 0) is 0 Å². The van der Waals surface area contributed by atoms with Crippen LogP contribution in [0.25, 0.3) is 67.4 Å². The van der Waals surface area contributed by atoms with Crippen LogP contribution in [-0.4, -0.2) is 0 Å². The van der Waals surface area contributed by atoms with Crippen LogP contribution in [0.15, 0.2) is 237 Å². The number of para-hydroxylation sites is 2. The van der Waals surface area contributed by atoms with Crippen LogP contribution in [0.1, 0.15) is 27.8 Å². The van der Waals surface area contributed by atoms with Crippen molar-refractivity contribution < 1.29 is 0 Å². The standard InChI is InChI=1S/C63H46N2/c1-45-25-27-47(28-26-45)31-32-49-35-39-57(40-36-49)65(55-23-9-4-10-24-55)63-60-43-52-19-13-11-17-50(52)41-58(60)62(59-42-51-18-12-14-20-53(51)44-61(59)63)64(54-21-7-3-8-22-54)56-37-33-48(34-38-56)30-29-46-15-5-2-6-16-46/h2-44H,1H3. The van der Waals surface area contributed by atoms with Gasteiger partial charge < -0.3 is 9.80 Å². The number of rotatable bonds is 10. The zero-order valence-electron chi connectivity index (χ0n) is 36.2. The predicted octanol–water partition coefficient (Wildman–Crippen LogP) is 17.9. The molecule has 0 aliphatic carbocycles. The summed E-state index contributed by atoms with van der Waals surface area (Å²) in [5.74, 6) is 0. The van der Waals surface area contributed by atoms with E-state index in [0.29, 0.717) is 0 Å². The van der Waals surface area contributed by atoms with Crippen LogP contribution in [0.4, 0.5) is 34.1 Å². The lowest BCUT2D eigenvalue weighted by atomic mass is 9.91. The van der Waals surface area contributed by atoms with Gasteiger partial charge in [0.05, 0.1) is 11.4 Å². The van der Waals surface area contributed by atoms with Crippen LogP contribution >= 0.6 is 0 Å². The van der Waals surface area contributed by atoms with E-state index in [1.165, 1.54) is 38.2 Å². The predicted molar refractivity (Wildman–Crippen MR) is 281 cm³/mol. The molecule has 65 heavy (non-hydrogen) atoms. The van der Waals surface area contributed by atoms with Gasteiger partial charge in [0.1, 0.15) is 0 Å². The SMILES string of the molecule is Cc1ccc(C=Cc2ccc(N(c3ccccc3)c3c4cc5ccccc5cc4c(N(c4ccccc4)c4ccc(C=Cc5ccccc5)cc4)c4cc5ccccc5cc34)cc2)cc1. The number of hydrogen-bond donors (Lipinski definition) is 0. The molecule has 11 rings (SSSR count). The van der Waals surface area contributed by atoms with Gasteiger partial charge in [-0.05, 0) is 124 Å². The van der Waals surface area contributed by atoms with Gasteiger partial charge in [-0.15, -0.1) is 0 Å². The van der Waals surface area contributed by atoms with Crippen molar-refractivity contribution in [2.75, 3.05) is 9.80 Å². The molecule has 0 spiro atoms. The van der Waals surface area contributed by atoms with Gasteiger partial charge in [-0.2, -0.15) is 0 Å². The van der Waals surface area contributed by atoms with E-state index in [1.807, 2.05) is 0 Å². The van der Waals surface area contributed by atoms with Gasteiger partial charge in [0, 0.05) is 44.3 Å². The number of anilines is 6. The molecule has 0 N–H and O–H groups in total. The summed E-state index contributed by atoms with van der Waals surface area (Å²) in [7, 11) is 0. The number of benzene rings is 11. The van der Waals surface area contributed by atoms with Crippen molar-refractivity contribution in [1.82, 2.24) is 0 Å². The molecule has 0 saturated heterocycles. The molecule has 0 atom stereocenters. The van der Waals surface area contributed by atoms with Crippen molar-refractivity contribution in [3.8, 4) is 0 Å². The molecule has 0 aliphatic rings. The number of hydrogen-bond acceptors (Lipinski definition) is 2. The number of fused-ring (bicyclic) bond motifs is 4. The molecule has 308 valence electrons. The van der Waals surface area contributed by atoms with Gasteiger partial charge in [0.15, 0.2) is 0 Å². The topological polar surface area (TPSA) is 6.48 Å². The maximum absolute atomic E-state index is 2.46. The van der Waals surface area contributed by atoms with E-state index in [1.54, 1.807) is 0 Å².